The zero-order valence-corrected chi connectivity index (χ0v) is 32.8. The van der Waals surface area contributed by atoms with E-state index in [-0.39, 0.29) is 19.9 Å². The zero-order chi connectivity index (χ0) is 38.2. The quantitative estimate of drug-likeness (QED) is 0.158. The van der Waals surface area contributed by atoms with E-state index in [0.717, 1.165) is 33.9 Å². The van der Waals surface area contributed by atoms with E-state index in [2.05, 4.69) is 198 Å². The van der Waals surface area contributed by atoms with Gasteiger partial charge in [0.2, 0.25) is 0 Å². The van der Waals surface area contributed by atoms with Crippen LogP contribution in [0.15, 0.2) is 176 Å². The summed E-state index contributed by atoms with van der Waals surface area (Å²) in [6.07, 6.45) is 4.04. The number of aryl methyl sites for hydroxylation is 2. The van der Waals surface area contributed by atoms with Crippen LogP contribution in [0.25, 0.3) is 15.8 Å². The maximum atomic E-state index is 5.43. The van der Waals surface area contributed by atoms with Crippen LogP contribution in [0.2, 0.25) is 0 Å². The summed E-state index contributed by atoms with van der Waals surface area (Å²) in [4.78, 5) is 20.7. The molecular weight excluding hydrogens is 714 g/mol. The molecule has 272 valence electrons. The van der Waals surface area contributed by atoms with Gasteiger partial charge in [-0.1, -0.05) is 116 Å². The van der Waals surface area contributed by atoms with Crippen molar-refractivity contribution in [3.63, 3.8) is 0 Å². The van der Waals surface area contributed by atoms with E-state index in [1.807, 2.05) is 23.7 Å². The van der Waals surface area contributed by atoms with Crippen molar-refractivity contribution in [1.29, 1.82) is 0 Å². The van der Waals surface area contributed by atoms with Crippen LogP contribution >= 0.6 is 11.3 Å². The first-order valence-electron chi connectivity index (χ1n) is 19.6. The summed E-state index contributed by atoms with van der Waals surface area (Å²) >= 11 is 1.84. The first kappa shape index (κ1) is 33.7. The Bertz CT molecular complexity index is 2810. The second kappa shape index (κ2) is 13.3. The van der Waals surface area contributed by atoms with Crippen molar-refractivity contribution in [3.8, 4) is 0 Å². The Kier molecular flexibility index (Phi) is 7.86. The lowest BCUT2D eigenvalue weighted by Crippen LogP contribution is -2.59. The van der Waals surface area contributed by atoms with E-state index >= 15 is 0 Å². The number of nitrogens with zero attached hydrogens (tertiary/aromatic N) is 6. The first-order chi connectivity index (χ1) is 28.0. The van der Waals surface area contributed by atoms with E-state index in [9.17, 15) is 0 Å². The Labute approximate surface area is 338 Å². The van der Waals surface area contributed by atoms with Gasteiger partial charge in [0.15, 0.2) is 0 Å². The molecular formula is C48H38B2N6S. The fraction of sp³-hybridized carbons (Fsp3) is 0.0833. The molecule has 0 fully saturated rings. The second-order valence-electron chi connectivity index (χ2n) is 15.2. The molecule has 2 aliphatic heterocycles. The third kappa shape index (κ3) is 5.26. The summed E-state index contributed by atoms with van der Waals surface area (Å²) in [5.41, 5.74) is 15.1. The third-order valence-corrected chi connectivity index (χ3v) is 12.8. The molecule has 6 nitrogen and oxygen atoms in total. The highest BCUT2D eigenvalue weighted by molar-refractivity contribution is 7.25. The highest BCUT2D eigenvalue weighted by Gasteiger charge is 2.52. The summed E-state index contributed by atoms with van der Waals surface area (Å²) in [5, 5.41) is 2.44. The molecule has 1 unspecified atom stereocenters. The fourth-order valence-electron chi connectivity index (χ4n) is 9.19. The predicted octanol–water partition coefficient (Wildman–Crippen LogP) is 10.2. The van der Waals surface area contributed by atoms with Gasteiger partial charge in [0.25, 0.3) is 0 Å². The number of allylic oxidation sites excluding steroid dienone is 1. The van der Waals surface area contributed by atoms with Crippen LogP contribution in [-0.4, -0.2) is 23.9 Å². The van der Waals surface area contributed by atoms with Gasteiger partial charge in [-0.3, -0.25) is 9.97 Å². The van der Waals surface area contributed by atoms with Gasteiger partial charge in [0, 0.05) is 62.4 Å². The van der Waals surface area contributed by atoms with Gasteiger partial charge < -0.3 is 19.2 Å². The van der Waals surface area contributed by atoms with Crippen LogP contribution in [0.4, 0.5) is 33.4 Å². The lowest BCUT2D eigenvalue weighted by Gasteiger charge is -2.34. The number of hydrogen-bond donors (Lipinski definition) is 0. The Balaban J connectivity index is 1.09. The molecule has 2 aromatic heterocycles. The number of rotatable bonds is 6. The smallest absolute Gasteiger partial charge is 0.362 e. The van der Waals surface area contributed by atoms with Crippen molar-refractivity contribution in [2.75, 3.05) is 19.2 Å². The summed E-state index contributed by atoms with van der Waals surface area (Å²) in [6, 6.07) is 56.7. The van der Waals surface area contributed by atoms with E-state index in [1.54, 1.807) is 0 Å². The van der Waals surface area contributed by atoms with Crippen molar-refractivity contribution < 1.29 is 0 Å². The molecule has 0 radical (unpaired) electrons. The zero-order valence-electron chi connectivity index (χ0n) is 32.0. The minimum absolute atomic E-state index is 0.188. The van der Waals surface area contributed by atoms with Crippen molar-refractivity contribution in [3.05, 3.63) is 198 Å². The lowest BCUT2D eigenvalue weighted by atomic mass is 9.65. The van der Waals surface area contributed by atoms with Crippen LogP contribution in [0, 0.1) is 13.8 Å². The van der Waals surface area contributed by atoms with Gasteiger partial charge in [-0.25, -0.2) is 0 Å². The number of fused-ring (bicyclic) bond motifs is 5. The van der Waals surface area contributed by atoms with E-state index in [0.29, 0.717) is 0 Å². The Morgan fingerprint density at radius 1 is 0.526 bits per heavy atom. The largest absolute Gasteiger partial charge is 0.442 e. The minimum Gasteiger partial charge on any atom is -0.362 e. The van der Waals surface area contributed by atoms with Gasteiger partial charge in [-0.15, -0.1) is 11.3 Å². The first-order valence-corrected chi connectivity index (χ1v) is 20.4. The van der Waals surface area contributed by atoms with Crippen LogP contribution < -0.4 is 30.4 Å². The van der Waals surface area contributed by atoms with Crippen LogP contribution in [0.5, 0.6) is 0 Å². The Morgan fingerprint density at radius 3 is 1.60 bits per heavy atom. The second-order valence-corrected chi connectivity index (χ2v) is 16.3. The highest BCUT2D eigenvalue weighted by Crippen LogP contribution is 2.55. The number of para-hydroxylation sites is 4. The van der Waals surface area contributed by atoms with Crippen molar-refractivity contribution >= 4 is 85.7 Å². The maximum Gasteiger partial charge on any atom is 0.442 e. The van der Waals surface area contributed by atoms with Gasteiger partial charge in [0.1, 0.15) is 5.00 Å². The summed E-state index contributed by atoms with van der Waals surface area (Å²) in [7, 11) is 0. The van der Waals surface area contributed by atoms with E-state index in [1.165, 1.54) is 54.4 Å². The number of aromatic nitrogens is 2. The molecule has 4 heterocycles. The predicted molar refractivity (Wildman–Crippen MR) is 241 cm³/mol. The third-order valence-electron chi connectivity index (χ3n) is 11.7. The average Bonchev–Trinajstić information content (AvgIpc) is 3.98. The molecule has 0 N–H and O–H groups in total. The maximum absolute atomic E-state index is 5.43. The number of hydrogen-bond acceptors (Lipinski definition) is 7. The molecule has 0 spiro atoms. The summed E-state index contributed by atoms with van der Waals surface area (Å²) in [5.74, 6) is 0.188. The molecule has 11 rings (SSSR count). The molecule has 57 heavy (non-hydrogen) atoms. The topological polar surface area (TPSA) is 38.7 Å². The van der Waals surface area contributed by atoms with Gasteiger partial charge in [-0.2, -0.15) is 0 Å². The Hall–Kier alpha value is -6.57. The van der Waals surface area contributed by atoms with Crippen molar-refractivity contribution in [2.24, 2.45) is 0 Å². The molecule has 0 amide bonds. The van der Waals surface area contributed by atoms with E-state index in [4.69, 9.17) is 9.97 Å². The van der Waals surface area contributed by atoms with Gasteiger partial charge in [0.05, 0.1) is 22.6 Å². The minimum atomic E-state index is -0.263. The summed E-state index contributed by atoms with van der Waals surface area (Å²) in [6.45, 7) is 6.18. The SMILES string of the molecule is Cc1ccc2c(c1)C(C)C1=C2N(c2ccccc2)B(c2cnc(B3N(c4ccccc4)c4sc5cc(C)ccc5c4N3c3ccccc3)cn2)N1c1ccccc1. The highest BCUT2D eigenvalue weighted by atomic mass is 32.1. The summed E-state index contributed by atoms with van der Waals surface area (Å²) < 4.78 is 1.27. The molecule has 9 heteroatoms. The van der Waals surface area contributed by atoms with Gasteiger partial charge >= 0.3 is 14.0 Å². The number of benzene rings is 6. The number of anilines is 6. The lowest BCUT2D eigenvalue weighted by molar-refractivity contribution is 0.898. The monoisotopic (exact) mass is 752 g/mol. The molecule has 6 aromatic carbocycles. The van der Waals surface area contributed by atoms with Crippen LogP contribution in [0.3, 0.4) is 0 Å². The van der Waals surface area contributed by atoms with Crippen molar-refractivity contribution in [2.45, 2.75) is 26.7 Å². The van der Waals surface area contributed by atoms with Crippen LogP contribution in [-0.2, 0) is 0 Å². The molecule has 8 aromatic rings. The molecule has 1 aliphatic carbocycles. The average molecular weight is 753 g/mol. The van der Waals surface area contributed by atoms with Crippen LogP contribution in [0.1, 0.15) is 35.1 Å². The molecule has 1 atom stereocenters. The molecule has 0 bridgehead atoms. The van der Waals surface area contributed by atoms with Gasteiger partial charge in [-0.05, 0) is 79.6 Å². The standard InChI is InChI=1S/C48H38B2N6S/c1-32-24-26-39-41(28-32)34(3)45-46(39)54(36-18-10-5-11-19-36)49(53(45)35-16-8-4-9-17-35)43-30-52-44(31-51-43)50-55(37-20-12-6-13-21-37)47-40-27-25-33(2)29-42(40)57-48(47)56(50)38-22-14-7-15-23-38/h4-31,34H,1-3H3. The fourth-order valence-corrected chi connectivity index (χ4v) is 10.5. The van der Waals surface area contributed by atoms with Crippen molar-refractivity contribution in [1.82, 2.24) is 9.97 Å². The number of thiophene rings is 1. The molecule has 0 saturated carbocycles. The normalized spacial score (nSPS) is 15.9. The van der Waals surface area contributed by atoms with E-state index < -0.39 is 0 Å². The molecule has 0 saturated heterocycles. The Morgan fingerprint density at radius 2 is 1.02 bits per heavy atom. The molecule has 3 aliphatic rings.